The van der Waals surface area contributed by atoms with Crippen molar-refractivity contribution in [2.45, 2.75) is 25.9 Å². The van der Waals surface area contributed by atoms with Gasteiger partial charge in [0.05, 0.1) is 6.10 Å². The third-order valence-electron chi connectivity index (χ3n) is 3.82. The molecule has 2 aromatic rings. The normalized spacial score (nSPS) is 19.6. The van der Waals surface area contributed by atoms with E-state index in [9.17, 15) is 5.11 Å². The number of fused-ring (bicyclic) bond motifs is 1. The van der Waals surface area contributed by atoms with Gasteiger partial charge in [-0.1, -0.05) is 49.4 Å². The number of aliphatic hydroxyl groups is 1. The number of hydrogen-bond acceptors (Lipinski definition) is 1. The van der Waals surface area contributed by atoms with Crippen molar-refractivity contribution in [3.8, 4) is 0 Å². The minimum absolute atomic E-state index is 0.115. The van der Waals surface area contributed by atoms with Crippen molar-refractivity contribution in [1.29, 1.82) is 0 Å². The maximum absolute atomic E-state index is 10.4. The molecule has 0 heterocycles. The minimum atomic E-state index is -0.321. The van der Waals surface area contributed by atoms with E-state index in [0.717, 1.165) is 18.4 Å². The molecular formula is C15H16O. The molecule has 1 fully saturated rings. The number of benzene rings is 2. The van der Waals surface area contributed by atoms with Crippen molar-refractivity contribution < 1.29 is 5.11 Å². The van der Waals surface area contributed by atoms with Crippen molar-refractivity contribution in [3.63, 3.8) is 0 Å². The van der Waals surface area contributed by atoms with Gasteiger partial charge in [0, 0.05) is 0 Å². The summed E-state index contributed by atoms with van der Waals surface area (Å²) >= 11 is 0. The molecule has 0 amide bonds. The van der Waals surface area contributed by atoms with Crippen molar-refractivity contribution in [2.24, 2.45) is 5.41 Å². The van der Waals surface area contributed by atoms with E-state index < -0.39 is 0 Å². The Hall–Kier alpha value is -1.34. The highest BCUT2D eigenvalue weighted by atomic mass is 16.3. The average molecular weight is 212 g/mol. The van der Waals surface area contributed by atoms with Crippen LogP contribution in [0.25, 0.3) is 10.8 Å². The van der Waals surface area contributed by atoms with Gasteiger partial charge in [0.2, 0.25) is 0 Å². The molecule has 1 aliphatic rings. The van der Waals surface area contributed by atoms with Crippen molar-refractivity contribution in [3.05, 3.63) is 48.0 Å². The van der Waals surface area contributed by atoms with E-state index in [1.807, 2.05) is 18.2 Å². The van der Waals surface area contributed by atoms with Crippen LogP contribution in [0, 0.1) is 5.41 Å². The van der Waals surface area contributed by atoms with Crippen LogP contribution in [0.3, 0.4) is 0 Å². The third kappa shape index (κ3) is 1.43. The van der Waals surface area contributed by atoms with Crippen LogP contribution >= 0.6 is 0 Å². The van der Waals surface area contributed by atoms with Crippen LogP contribution in [0.2, 0.25) is 0 Å². The van der Waals surface area contributed by atoms with Gasteiger partial charge in [-0.3, -0.25) is 0 Å². The van der Waals surface area contributed by atoms with Gasteiger partial charge >= 0.3 is 0 Å². The van der Waals surface area contributed by atoms with E-state index in [2.05, 4.69) is 31.2 Å². The molecule has 0 radical (unpaired) electrons. The van der Waals surface area contributed by atoms with E-state index in [0.29, 0.717) is 0 Å². The lowest BCUT2D eigenvalue weighted by molar-refractivity contribution is 0.105. The molecule has 1 N–H and O–H groups in total. The van der Waals surface area contributed by atoms with Gasteiger partial charge in [0.15, 0.2) is 0 Å². The van der Waals surface area contributed by atoms with Crippen LogP contribution in [0.4, 0.5) is 0 Å². The summed E-state index contributed by atoms with van der Waals surface area (Å²) in [7, 11) is 0. The molecule has 0 aromatic heterocycles. The van der Waals surface area contributed by atoms with Crippen molar-refractivity contribution in [1.82, 2.24) is 0 Å². The van der Waals surface area contributed by atoms with Gasteiger partial charge in [-0.15, -0.1) is 0 Å². The van der Waals surface area contributed by atoms with Crippen LogP contribution < -0.4 is 0 Å². The molecule has 1 aliphatic carbocycles. The molecule has 0 aliphatic heterocycles. The fourth-order valence-electron chi connectivity index (χ4n) is 2.33. The number of rotatable bonds is 2. The highest BCUT2D eigenvalue weighted by molar-refractivity contribution is 5.86. The highest BCUT2D eigenvalue weighted by Crippen LogP contribution is 2.55. The van der Waals surface area contributed by atoms with Crippen molar-refractivity contribution in [2.75, 3.05) is 0 Å². The highest BCUT2D eigenvalue weighted by Gasteiger charge is 2.45. The Morgan fingerprint density at radius 2 is 1.75 bits per heavy atom. The Kier molecular flexibility index (Phi) is 2.05. The van der Waals surface area contributed by atoms with Gasteiger partial charge in [-0.2, -0.15) is 0 Å². The van der Waals surface area contributed by atoms with Crippen LogP contribution in [0.5, 0.6) is 0 Å². The van der Waals surface area contributed by atoms with Crippen LogP contribution in [-0.2, 0) is 0 Å². The Bertz CT molecular complexity index is 520. The van der Waals surface area contributed by atoms with Gasteiger partial charge in [0.25, 0.3) is 0 Å². The third-order valence-corrected chi connectivity index (χ3v) is 3.82. The summed E-state index contributed by atoms with van der Waals surface area (Å²) in [4.78, 5) is 0. The van der Waals surface area contributed by atoms with Crippen LogP contribution in [-0.4, -0.2) is 5.11 Å². The number of hydrogen-bond donors (Lipinski definition) is 1. The monoisotopic (exact) mass is 212 g/mol. The standard InChI is InChI=1S/C15H16O/c1-15(9-10-15)14(16)13-8-4-6-11-5-2-3-7-12(11)13/h2-8,14,16H,9-10H2,1H3. The van der Waals surface area contributed by atoms with E-state index in [-0.39, 0.29) is 11.5 Å². The van der Waals surface area contributed by atoms with E-state index in [4.69, 9.17) is 0 Å². The first-order chi connectivity index (χ1) is 7.71. The predicted molar refractivity (Wildman–Crippen MR) is 66.2 cm³/mol. The second-order valence-electron chi connectivity index (χ2n) is 5.12. The second kappa shape index (κ2) is 3.33. The zero-order chi connectivity index (χ0) is 11.2. The zero-order valence-corrected chi connectivity index (χ0v) is 9.48. The van der Waals surface area contributed by atoms with Crippen LogP contribution in [0.1, 0.15) is 31.4 Å². The van der Waals surface area contributed by atoms with Crippen molar-refractivity contribution >= 4 is 10.8 Å². The number of aliphatic hydroxyl groups excluding tert-OH is 1. The summed E-state index contributed by atoms with van der Waals surface area (Å²) in [6, 6.07) is 14.5. The van der Waals surface area contributed by atoms with Crippen LogP contribution in [0.15, 0.2) is 42.5 Å². The molecular weight excluding hydrogens is 196 g/mol. The molecule has 1 nitrogen and oxygen atoms in total. The molecule has 0 saturated heterocycles. The summed E-state index contributed by atoms with van der Waals surface area (Å²) in [5, 5.41) is 12.8. The molecule has 82 valence electrons. The maximum Gasteiger partial charge on any atom is 0.0849 e. The fraction of sp³-hybridized carbons (Fsp3) is 0.333. The molecule has 3 rings (SSSR count). The lowest BCUT2D eigenvalue weighted by atomic mass is 9.91. The SMILES string of the molecule is CC1(C(O)c2cccc3ccccc23)CC1. The molecule has 1 saturated carbocycles. The molecule has 1 heteroatoms. The van der Waals surface area contributed by atoms with Gasteiger partial charge < -0.3 is 5.11 Å². The summed E-state index contributed by atoms with van der Waals surface area (Å²) in [6.07, 6.45) is 1.95. The first-order valence-electron chi connectivity index (χ1n) is 5.86. The summed E-state index contributed by atoms with van der Waals surface area (Å²) < 4.78 is 0. The van der Waals surface area contributed by atoms with Gasteiger partial charge in [-0.25, -0.2) is 0 Å². The Morgan fingerprint density at radius 3 is 2.50 bits per heavy atom. The molecule has 1 atom stereocenters. The van der Waals surface area contributed by atoms with Gasteiger partial charge in [-0.05, 0) is 34.6 Å². The lowest BCUT2D eigenvalue weighted by Gasteiger charge is -2.19. The molecule has 0 spiro atoms. The summed E-state index contributed by atoms with van der Waals surface area (Å²) in [6.45, 7) is 2.17. The molecule has 0 bridgehead atoms. The lowest BCUT2D eigenvalue weighted by Crippen LogP contribution is -2.09. The smallest absolute Gasteiger partial charge is 0.0849 e. The first-order valence-corrected chi connectivity index (χ1v) is 5.86. The first kappa shape index (κ1) is 9.86. The molecule has 2 aromatic carbocycles. The van der Waals surface area contributed by atoms with Gasteiger partial charge in [0.1, 0.15) is 0 Å². The average Bonchev–Trinajstić information content (AvgIpc) is 3.07. The Morgan fingerprint density at radius 1 is 1.06 bits per heavy atom. The second-order valence-corrected chi connectivity index (χ2v) is 5.12. The molecule has 16 heavy (non-hydrogen) atoms. The minimum Gasteiger partial charge on any atom is -0.388 e. The Labute approximate surface area is 95.7 Å². The largest absolute Gasteiger partial charge is 0.388 e. The Balaban J connectivity index is 2.16. The fourth-order valence-corrected chi connectivity index (χ4v) is 2.33. The molecule has 1 unspecified atom stereocenters. The zero-order valence-electron chi connectivity index (χ0n) is 9.48. The summed E-state index contributed by atoms with van der Waals surface area (Å²) in [5.74, 6) is 0. The van der Waals surface area contributed by atoms with E-state index in [1.54, 1.807) is 0 Å². The summed E-state index contributed by atoms with van der Waals surface area (Å²) in [5.41, 5.74) is 1.20. The maximum atomic E-state index is 10.4. The quantitative estimate of drug-likeness (QED) is 0.805. The van der Waals surface area contributed by atoms with E-state index >= 15 is 0 Å². The topological polar surface area (TPSA) is 20.2 Å². The van der Waals surface area contributed by atoms with E-state index in [1.165, 1.54) is 10.8 Å². The predicted octanol–water partition coefficient (Wildman–Crippen LogP) is 3.67.